The third-order valence-corrected chi connectivity index (χ3v) is 4.09. The van der Waals surface area contributed by atoms with Crippen LogP contribution in [0.4, 0.5) is 4.79 Å². The van der Waals surface area contributed by atoms with Gasteiger partial charge in [-0.15, -0.1) is 0 Å². The van der Waals surface area contributed by atoms with E-state index in [4.69, 9.17) is 4.84 Å². The van der Waals surface area contributed by atoms with E-state index >= 15 is 0 Å². The Morgan fingerprint density at radius 1 is 1.36 bits per heavy atom. The zero-order chi connectivity index (χ0) is 16.8. The Morgan fingerprint density at radius 3 is 2.64 bits per heavy atom. The summed E-state index contributed by atoms with van der Waals surface area (Å²) in [5, 5.41) is 6.64. The molecule has 1 N–H and O–H groups in total. The van der Waals surface area contributed by atoms with Crippen LogP contribution in [0.15, 0.2) is 10.1 Å². The maximum absolute atomic E-state index is 11.8. The number of isocyanates is 1. The van der Waals surface area contributed by atoms with Crippen LogP contribution in [0.5, 0.6) is 0 Å². The van der Waals surface area contributed by atoms with E-state index in [0.29, 0.717) is 6.54 Å². The van der Waals surface area contributed by atoms with E-state index in [1.165, 1.54) is 0 Å². The number of nitrogens with one attached hydrogen (secondary N) is 1. The van der Waals surface area contributed by atoms with Gasteiger partial charge in [0, 0.05) is 6.04 Å². The van der Waals surface area contributed by atoms with Gasteiger partial charge in [0.05, 0.1) is 12.3 Å². The fraction of sp³-hybridized carbons (Fsp3) is 0.812. The summed E-state index contributed by atoms with van der Waals surface area (Å²) in [6.07, 6.45) is 4.39. The normalized spacial score (nSPS) is 27.7. The quantitative estimate of drug-likeness (QED) is 0.366. The van der Waals surface area contributed by atoms with Gasteiger partial charge in [-0.1, -0.05) is 32.9 Å². The van der Waals surface area contributed by atoms with Crippen molar-refractivity contribution in [2.75, 3.05) is 6.54 Å². The van der Waals surface area contributed by atoms with Gasteiger partial charge in [-0.3, -0.25) is 4.84 Å². The predicted molar refractivity (Wildman–Crippen MR) is 85.5 cm³/mol. The van der Waals surface area contributed by atoms with Crippen molar-refractivity contribution in [2.24, 2.45) is 21.0 Å². The van der Waals surface area contributed by atoms with Crippen LogP contribution < -0.4 is 5.32 Å². The summed E-state index contributed by atoms with van der Waals surface area (Å²) in [4.78, 5) is 30.8. The molecule has 1 amide bonds. The van der Waals surface area contributed by atoms with Crippen molar-refractivity contribution in [3.05, 3.63) is 0 Å². The molecule has 1 aliphatic carbocycles. The maximum atomic E-state index is 11.8. The van der Waals surface area contributed by atoms with E-state index in [1.54, 1.807) is 6.08 Å². The molecule has 0 heterocycles. The van der Waals surface area contributed by atoms with Gasteiger partial charge >= 0.3 is 6.09 Å². The molecule has 1 saturated carbocycles. The topological polar surface area (TPSA) is 80.1 Å². The Balaban J connectivity index is 2.69. The second-order valence-corrected chi connectivity index (χ2v) is 7.37. The number of hydrogen-bond acceptors (Lipinski definition) is 5. The van der Waals surface area contributed by atoms with Crippen LogP contribution in [-0.2, 0) is 9.63 Å². The lowest BCUT2D eigenvalue weighted by Crippen LogP contribution is -2.47. The molecule has 2 unspecified atom stereocenters. The number of nitrogens with zero attached hydrogens (tertiary/aromatic N) is 2. The van der Waals surface area contributed by atoms with Crippen molar-refractivity contribution in [1.82, 2.24) is 5.32 Å². The molecule has 0 aliphatic heterocycles. The number of hydrogen-bond donors (Lipinski definition) is 1. The first-order chi connectivity index (χ1) is 10.2. The Kier molecular flexibility index (Phi) is 6.30. The molecule has 1 rings (SSSR count). The highest BCUT2D eigenvalue weighted by molar-refractivity contribution is 5.81. The first-order valence-corrected chi connectivity index (χ1v) is 7.74. The third kappa shape index (κ3) is 5.98. The molecule has 1 aliphatic rings. The zero-order valence-electron chi connectivity index (χ0n) is 14.2. The Morgan fingerprint density at radius 2 is 2.05 bits per heavy atom. The second-order valence-electron chi connectivity index (χ2n) is 7.37. The van der Waals surface area contributed by atoms with Crippen LogP contribution in [0.2, 0.25) is 0 Å². The van der Waals surface area contributed by atoms with Crippen molar-refractivity contribution < 1.29 is 14.4 Å². The zero-order valence-corrected chi connectivity index (χ0v) is 14.2. The molecule has 0 bridgehead atoms. The molecule has 2 atom stereocenters. The Hall–Kier alpha value is -1.68. The Labute approximate surface area is 132 Å². The van der Waals surface area contributed by atoms with E-state index in [9.17, 15) is 9.59 Å². The number of rotatable bonds is 5. The summed E-state index contributed by atoms with van der Waals surface area (Å²) >= 11 is 0. The molecule has 0 aromatic heterocycles. The standard InChI is InChI=1S/C16H27N3O3/c1-6-12(2)19-22-14(21)18-13-7-15(3,4)9-16(5,8-13)10-17-11-20/h13H,6-10H2,1-5H3,(H,18,21)/b19-12+. The fourth-order valence-electron chi connectivity index (χ4n) is 3.46. The van der Waals surface area contributed by atoms with Crippen LogP contribution in [-0.4, -0.2) is 30.5 Å². The monoisotopic (exact) mass is 309 g/mol. The molecule has 6 nitrogen and oxygen atoms in total. The van der Waals surface area contributed by atoms with E-state index in [1.807, 2.05) is 13.8 Å². The van der Waals surface area contributed by atoms with E-state index in [-0.39, 0.29) is 16.9 Å². The van der Waals surface area contributed by atoms with Crippen molar-refractivity contribution in [1.29, 1.82) is 0 Å². The average Bonchev–Trinajstić information content (AvgIpc) is 2.40. The molecule has 22 heavy (non-hydrogen) atoms. The average molecular weight is 309 g/mol. The van der Waals surface area contributed by atoms with Crippen LogP contribution >= 0.6 is 0 Å². The lowest BCUT2D eigenvalue weighted by molar-refractivity contribution is 0.0717. The Bertz CT molecular complexity index is 481. The number of carbonyl (C=O) groups excluding carboxylic acids is 2. The van der Waals surface area contributed by atoms with Crippen LogP contribution in [0.3, 0.4) is 0 Å². The summed E-state index contributed by atoms with van der Waals surface area (Å²) in [5.41, 5.74) is 0.704. The summed E-state index contributed by atoms with van der Waals surface area (Å²) < 4.78 is 0. The molecule has 0 aromatic carbocycles. The molecule has 0 saturated heterocycles. The lowest BCUT2D eigenvalue weighted by atomic mass is 9.62. The van der Waals surface area contributed by atoms with E-state index in [0.717, 1.165) is 31.4 Å². The molecule has 0 aromatic rings. The molecule has 0 radical (unpaired) electrons. The first kappa shape index (κ1) is 18.4. The SMILES string of the molecule is CC/C(C)=N/OC(=O)NC1CC(C)(C)CC(C)(CN=C=O)C1. The second kappa shape index (κ2) is 7.54. The summed E-state index contributed by atoms with van der Waals surface area (Å²) in [7, 11) is 0. The minimum atomic E-state index is -0.531. The van der Waals surface area contributed by atoms with Crippen LogP contribution in [0.1, 0.15) is 60.3 Å². The molecular weight excluding hydrogens is 282 g/mol. The van der Waals surface area contributed by atoms with Gasteiger partial charge in [0.25, 0.3) is 0 Å². The van der Waals surface area contributed by atoms with Crippen molar-refractivity contribution >= 4 is 17.9 Å². The van der Waals surface area contributed by atoms with Crippen LogP contribution in [0.25, 0.3) is 0 Å². The maximum Gasteiger partial charge on any atom is 0.433 e. The number of carbonyl (C=O) groups is 1. The summed E-state index contributed by atoms with van der Waals surface area (Å²) in [5.74, 6) is 0. The molecule has 0 spiro atoms. The predicted octanol–water partition coefficient (Wildman–Crippen LogP) is 3.42. The third-order valence-electron chi connectivity index (χ3n) is 4.09. The number of amides is 1. The summed E-state index contributed by atoms with van der Waals surface area (Å²) in [6.45, 7) is 10.6. The molecule has 124 valence electrons. The fourth-order valence-corrected chi connectivity index (χ4v) is 3.46. The molecule has 6 heteroatoms. The van der Waals surface area contributed by atoms with E-state index < -0.39 is 6.09 Å². The van der Waals surface area contributed by atoms with Gasteiger partial charge in [0.1, 0.15) is 0 Å². The minimum Gasteiger partial charge on any atom is -0.317 e. The van der Waals surface area contributed by atoms with Crippen molar-refractivity contribution in [3.63, 3.8) is 0 Å². The minimum absolute atomic E-state index is 0.0137. The van der Waals surface area contributed by atoms with Gasteiger partial charge in [-0.25, -0.2) is 14.6 Å². The van der Waals surface area contributed by atoms with Gasteiger partial charge in [-0.05, 0) is 43.4 Å². The number of oxime groups is 1. The smallest absolute Gasteiger partial charge is 0.317 e. The van der Waals surface area contributed by atoms with Gasteiger partial charge in [-0.2, -0.15) is 0 Å². The lowest BCUT2D eigenvalue weighted by Gasteiger charge is -2.45. The molecule has 1 fully saturated rings. The van der Waals surface area contributed by atoms with Crippen LogP contribution in [0, 0.1) is 10.8 Å². The molecular formula is C16H27N3O3. The highest BCUT2D eigenvalue weighted by Gasteiger charge is 2.41. The summed E-state index contributed by atoms with van der Waals surface area (Å²) in [6, 6.07) is -0.0137. The highest BCUT2D eigenvalue weighted by Crippen LogP contribution is 2.46. The largest absolute Gasteiger partial charge is 0.433 e. The van der Waals surface area contributed by atoms with Gasteiger partial charge < -0.3 is 5.32 Å². The van der Waals surface area contributed by atoms with Gasteiger partial charge in [0.15, 0.2) is 0 Å². The van der Waals surface area contributed by atoms with Crippen molar-refractivity contribution in [2.45, 2.75) is 66.3 Å². The number of aliphatic imine (C=N–C) groups is 1. The van der Waals surface area contributed by atoms with Crippen molar-refractivity contribution in [3.8, 4) is 0 Å². The first-order valence-electron chi connectivity index (χ1n) is 7.74. The van der Waals surface area contributed by atoms with Gasteiger partial charge in [0.2, 0.25) is 6.08 Å². The highest BCUT2D eigenvalue weighted by atomic mass is 16.7. The van der Waals surface area contributed by atoms with E-state index in [2.05, 4.69) is 36.2 Å².